The van der Waals surface area contributed by atoms with Gasteiger partial charge in [-0.05, 0) is 29.8 Å². The predicted molar refractivity (Wildman–Crippen MR) is 111 cm³/mol. The number of carbonyl (C=O) groups excluding carboxylic acids is 1. The quantitative estimate of drug-likeness (QED) is 0.294. The molecular formula is C22H26O8. The Kier molecular flexibility index (Phi) is 9.66. The van der Waals surface area contributed by atoms with Crippen LogP contribution in [0.15, 0.2) is 36.4 Å². The summed E-state index contributed by atoms with van der Waals surface area (Å²) in [5.41, 5.74) is 2.10. The zero-order valence-corrected chi connectivity index (χ0v) is 17.5. The summed E-state index contributed by atoms with van der Waals surface area (Å²) in [5, 5.41) is 0. The molecule has 2 rings (SSSR count). The molecule has 2 aromatic carbocycles. The number of rotatable bonds is 12. The average molecular weight is 418 g/mol. The third kappa shape index (κ3) is 6.48. The molecule has 0 saturated heterocycles. The van der Waals surface area contributed by atoms with Gasteiger partial charge in [-0.15, -0.1) is 0 Å². The summed E-state index contributed by atoms with van der Waals surface area (Å²) in [4.78, 5) is 11.6. The standard InChI is InChI=1S/C22H26O8/c1-24-13-28-19-12-11-17(20(29-14-25-2)21(19)30-15-26-3)8-5-16-6-9-18(10-7-16)22(23)27-4/h5-12H,13-15H2,1-4H3. The first-order chi connectivity index (χ1) is 14.6. The third-order valence-corrected chi connectivity index (χ3v) is 3.87. The summed E-state index contributed by atoms with van der Waals surface area (Å²) in [6, 6.07) is 10.6. The highest BCUT2D eigenvalue weighted by molar-refractivity contribution is 5.89. The second-order valence-corrected chi connectivity index (χ2v) is 5.91. The van der Waals surface area contributed by atoms with E-state index in [4.69, 9.17) is 33.2 Å². The van der Waals surface area contributed by atoms with E-state index in [2.05, 4.69) is 0 Å². The van der Waals surface area contributed by atoms with Crippen molar-refractivity contribution >= 4 is 18.1 Å². The van der Waals surface area contributed by atoms with E-state index in [9.17, 15) is 4.79 Å². The van der Waals surface area contributed by atoms with Gasteiger partial charge in [0, 0.05) is 26.9 Å². The lowest BCUT2D eigenvalue weighted by Crippen LogP contribution is -2.08. The van der Waals surface area contributed by atoms with Gasteiger partial charge in [0.2, 0.25) is 5.75 Å². The van der Waals surface area contributed by atoms with Crippen molar-refractivity contribution in [2.45, 2.75) is 0 Å². The van der Waals surface area contributed by atoms with E-state index in [1.807, 2.05) is 30.4 Å². The van der Waals surface area contributed by atoms with Crippen molar-refractivity contribution < 1.29 is 38.0 Å². The lowest BCUT2D eigenvalue weighted by molar-refractivity contribution is 0.0217. The van der Waals surface area contributed by atoms with Gasteiger partial charge in [-0.3, -0.25) is 0 Å². The largest absolute Gasteiger partial charge is 0.465 e. The van der Waals surface area contributed by atoms with Gasteiger partial charge in [0.1, 0.15) is 0 Å². The maximum atomic E-state index is 11.6. The van der Waals surface area contributed by atoms with Crippen molar-refractivity contribution in [1.29, 1.82) is 0 Å². The minimum absolute atomic E-state index is 0.00877. The topological polar surface area (TPSA) is 81.7 Å². The highest BCUT2D eigenvalue weighted by atomic mass is 16.7. The Morgan fingerprint density at radius 3 is 1.93 bits per heavy atom. The first kappa shape index (κ1) is 23.2. The van der Waals surface area contributed by atoms with E-state index < -0.39 is 0 Å². The summed E-state index contributed by atoms with van der Waals surface area (Å²) < 4.78 is 36.8. The van der Waals surface area contributed by atoms with E-state index in [1.165, 1.54) is 28.4 Å². The smallest absolute Gasteiger partial charge is 0.337 e. The molecule has 0 saturated carbocycles. The number of hydrogen-bond donors (Lipinski definition) is 0. The van der Waals surface area contributed by atoms with E-state index in [1.54, 1.807) is 18.2 Å². The van der Waals surface area contributed by atoms with Gasteiger partial charge in [-0.1, -0.05) is 24.3 Å². The molecule has 0 unspecified atom stereocenters. The molecule has 2 aromatic rings. The van der Waals surface area contributed by atoms with Gasteiger partial charge in [0.15, 0.2) is 31.9 Å². The Labute approximate surface area is 175 Å². The van der Waals surface area contributed by atoms with Crippen LogP contribution in [0.1, 0.15) is 21.5 Å². The first-order valence-electron chi connectivity index (χ1n) is 9.03. The molecule has 0 spiro atoms. The number of esters is 1. The second kappa shape index (κ2) is 12.5. The fraction of sp³-hybridized carbons (Fsp3) is 0.318. The molecule has 0 fully saturated rings. The molecule has 0 atom stereocenters. The SMILES string of the molecule is COCOc1ccc(C=Cc2ccc(C(=O)OC)cc2)c(OCOC)c1OCOC. The molecule has 0 aromatic heterocycles. The van der Waals surface area contributed by atoms with E-state index in [0.717, 1.165) is 11.1 Å². The highest BCUT2D eigenvalue weighted by Gasteiger charge is 2.17. The van der Waals surface area contributed by atoms with Crippen LogP contribution in [0, 0.1) is 0 Å². The van der Waals surface area contributed by atoms with E-state index in [-0.39, 0.29) is 26.3 Å². The minimum atomic E-state index is -0.382. The molecular weight excluding hydrogens is 392 g/mol. The van der Waals surface area contributed by atoms with Crippen LogP contribution in [0.5, 0.6) is 17.2 Å². The van der Waals surface area contributed by atoms with Crippen molar-refractivity contribution in [3.63, 3.8) is 0 Å². The Morgan fingerprint density at radius 2 is 1.33 bits per heavy atom. The molecule has 0 heterocycles. The molecule has 0 bridgehead atoms. The van der Waals surface area contributed by atoms with E-state index in [0.29, 0.717) is 22.8 Å². The predicted octanol–water partition coefficient (Wildman–Crippen LogP) is 3.59. The molecule has 8 nitrogen and oxygen atoms in total. The van der Waals surface area contributed by atoms with Crippen LogP contribution in [0.3, 0.4) is 0 Å². The van der Waals surface area contributed by atoms with Gasteiger partial charge in [0.05, 0.1) is 12.7 Å². The molecule has 30 heavy (non-hydrogen) atoms. The van der Waals surface area contributed by atoms with Crippen molar-refractivity contribution in [2.24, 2.45) is 0 Å². The lowest BCUT2D eigenvalue weighted by Gasteiger charge is -2.18. The first-order valence-corrected chi connectivity index (χ1v) is 9.03. The van der Waals surface area contributed by atoms with Crippen LogP contribution in [-0.4, -0.2) is 54.8 Å². The number of benzene rings is 2. The molecule has 0 aliphatic heterocycles. The number of carbonyl (C=O) groups is 1. The maximum Gasteiger partial charge on any atom is 0.337 e. The summed E-state index contributed by atoms with van der Waals surface area (Å²) in [6.45, 7) is 0.0787. The monoisotopic (exact) mass is 418 g/mol. The van der Waals surface area contributed by atoms with Crippen LogP contribution in [-0.2, 0) is 18.9 Å². The number of hydrogen-bond acceptors (Lipinski definition) is 8. The fourth-order valence-electron chi connectivity index (χ4n) is 2.48. The molecule has 0 amide bonds. The van der Waals surface area contributed by atoms with Gasteiger partial charge < -0.3 is 33.2 Å². The number of ether oxygens (including phenoxy) is 7. The van der Waals surface area contributed by atoms with E-state index >= 15 is 0 Å². The van der Waals surface area contributed by atoms with Gasteiger partial charge in [0.25, 0.3) is 0 Å². The summed E-state index contributed by atoms with van der Waals surface area (Å²) in [6.07, 6.45) is 3.74. The third-order valence-electron chi connectivity index (χ3n) is 3.87. The molecule has 0 aliphatic carbocycles. The zero-order chi connectivity index (χ0) is 21.8. The molecule has 0 radical (unpaired) electrons. The molecule has 0 N–H and O–H groups in total. The average Bonchev–Trinajstić information content (AvgIpc) is 2.79. The molecule has 162 valence electrons. The van der Waals surface area contributed by atoms with Crippen molar-refractivity contribution in [2.75, 3.05) is 48.8 Å². The van der Waals surface area contributed by atoms with Crippen LogP contribution in [0.25, 0.3) is 12.2 Å². The zero-order valence-electron chi connectivity index (χ0n) is 17.5. The molecule has 0 aliphatic rings. The summed E-state index contributed by atoms with van der Waals surface area (Å²) >= 11 is 0. The van der Waals surface area contributed by atoms with Crippen LogP contribution < -0.4 is 14.2 Å². The van der Waals surface area contributed by atoms with Crippen molar-refractivity contribution in [3.8, 4) is 17.2 Å². The Hall–Kier alpha value is -3.07. The number of methoxy groups -OCH3 is 4. The lowest BCUT2D eigenvalue weighted by atomic mass is 10.1. The van der Waals surface area contributed by atoms with Crippen LogP contribution in [0.2, 0.25) is 0 Å². The van der Waals surface area contributed by atoms with Gasteiger partial charge >= 0.3 is 5.97 Å². The highest BCUT2D eigenvalue weighted by Crippen LogP contribution is 2.41. The Balaban J connectivity index is 2.36. The van der Waals surface area contributed by atoms with Gasteiger partial charge in [-0.2, -0.15) is 0 Å². The van der Waals surface area contributed by atoms with Crippen LogP contribution in [0.4, 0.5) is 0 Å². The van der Waals surface area contributed by atoms with Crippen LogP contribution >= 0.6 is 0 Å². The Morgan fingerprint density at radius 1 is 0.733 bits per heavy atom. The summed E-state index contributed by atoms with van der Waals surface area (Å²) in [7, 11) is 5.92. The summed E-state index contributed by atoms with van der Waals surface area (Å²) in [5.74, 6) is 0.867. The van der Waals surface area contributed by atoms with Crippen molar-refractivity contribution in [1.82, 2.24) is 0 Å². The minimum Gasteiger partial charge on any atom is -0.465 e. The molecule has 8 heteroatoms. The van der Waals surface area contributed by atoms with Crippen molar-refractivity contribution in [3.05, 3.63) is 53.1 Å². The Bertz CT molecular complexity index is 830. The second-order valence-electron chi connectivity index (χ2n) is 5.91. The maximum absolute atomic E-state index is 11.6. The fourth-order valence-corrected chi connectivity index (χ4v) is 2.48. The van der Waals surface area contributed by atoms with Gasteiger partial charge in [-0.25, -0.2) is 4.79 Å². The normalized spacial score (nSPS) is 10.8.